The van der Waals surface area contributed by atoms with Gasteiger partial charge in [-0.2, -0.15) is 0 Å². The molecule has 0 bridgehead atoms. The Morgan fingerprint density at radius 3 is 2.77 bits per heavy atom. The molecule has 0 aromatic heterocycles. The van der Waals surface area contributed by atoms with E-state index in [0.717, 1.165) is 31.6 Å². The van der Waals surface area contributed by atoms with Crippen molar-refractivity contribution < 1.29 is 4.74 Å². The van der Waals surface area contributed by atoms with E-state index in [-0.39, 0.29) is 0 Å². The van der Waals surface area contributed by atoms with Crippen LogP contribution in [-0.2, 0) is 4.74 Å². The van der Waals surface area contributed by atoms with Crippen molar-refractivity contribution in [2.24, 2.45) is 11.8 Å². The van der Waals surface area contributed by atoms with Crippen LogP contribution in [0.5, 0.6) is 0 Å². The summed E-state index contributed by atoms with van der Waals surface area (Å²) in [6.45, 7) is 9.75. The lowest BCUT2D eigenvalue weighted by atomic mass is 9.86. The predicted octanol–water partition coefficient (Wildman–Crippen LogP) is 2.05. The Morgan fingerprint density at radius 1 is 1.46 bits per heavy atom. The summed E-state index contributed by atoms with van der Waals surface area (Å²) in [6, 6.07) is 0.579. The standard InChI is InChI=1S/C11H23NO/c1-4-5-9(2)10(3)11-8-13-7-6-12-11/h9-12H,4-8H2,1-3H3. The minimum atomic E-state index is 0.579. The van der Waals surface area contributed by atoms with Crippen LogP contribution in [0.25, 0.3) is 0 Å². The van der Waals surface area contributed by atoms with E-state index in [9.17, 15) is 0 Å². The molecule has 0 saturated carbocycles. The van der Waals surface area contributed by atoms with Crippen molar-refractivity contribution in [2.45, 2.75) is 39.7 Å². The second-order valence-corrected chi connectivity index (χ2v) is 4.26. The van der Waals surface area contributed by atoms with Crippen LogP contribution in [0, 0.1) is 11.8 Å². The van der Waals surface area contributed by atoms with E-state index in [4.69, 9.17) is 4.74 Å². The van der Waals surface area contributed by atoms with E-state index >= 15 is 0 Å². The molecule has 0 amide bonds. The molecule has 2 heteroatoms. The molecule has 1 aliphatic heterocycles. The van der Waals surface area contributed by atoms with Crippen molar-refractivity contribution in [3.8, 4) is 0 Å². The van der Waals surface area contributed by atoms with Crippen molar-refractivity contribution in [3.63, 3.8) is 0 Å². The fraction of sp³-hybridized carbons (Fsp3) is 1.00. The molecule has 0 aromatic carbocycles. The van der Waals surface area contributed by atoms with Gasteiger partial charge >= 0.3 is 0 Å². The van der Waals surface area contributed by atoms with Gasteiger partial charge in [-0.05, 0) is 11.8 Å². The van der Waals surface area contributed by atoms with Crippen LogP contribution >= 0.6 is 0 Å². The van der Waals surface area contributed by atoms with Crippen molar-refractivity contribution >= 4 is 0 Å². The van der Waals surface area contributed by atoms with Gasteiger partial charge in [0.1, 0.15) is 0 Å². The highest BCUT2D eigenvalue weighted by molar-refractivity contribution is 4.79. The zero-order chi connectivity index (χ0) is 9.68. The number of ether oxygens (including phenoxy) is 1. The Labute approximate surface area is 82.0 Å². The van der Waals surface area contributed by atoms with Crippen molar-refractivity contribution in [1.82, 2.24) is 5.32 Å². The molecule has 1 N–H and O–H groups in total. The minimum absolute atomic E-state index is 0.579. The van der Waals surface area contributed by atoms with Gasteiger partial charge in [-0.25, -0.2) is 0 Å². The highest BCUT2D eigenvalue weighted by Gasteiger charge is 2.23. The Hall–Kier alpha value is -0.0800. The van der Waals surface area contributed by atoms with E-state index in [2.05, 4.69) is 26.1 Å². The van der Waals surface area contributed by atoms with Crippen LogP contribution in [0.15, 0.2) is 0 Å². The van der Waals surface area contributed by atoms with E-state index in [1.807, 2.05) is 0 Å². The first-order chi connectivity index (χ1) is 6.25. The van der Waals surface area contributed by atoms with Gasteiger partial charge in [-0.3, -0.25) is 0 Å². The maximum atomic E-state index is 5.47. The Morgan fingerprint density at radius 2 is 2.23 bits per heavy atom. The van der Waals surface area contributed by atoms with Gasteiger partial charge in [0.15, 0.2) is 0 Å². The second-order valence-electron chi connectivity index (χ2n) is 4.26. The summed E-state index contributed by atoms with van der Waals surface area (Å²) in [4.78, 5) is 0. The lowest BCUT2D eigenvalue weighted by Crippen LogP contribution is -2.46. The van der Waals surface area contributed by atoms with Crippen molar-refractivity contribution in [2.75, 3.05) is 19.8 Å². The average molecular weight is 185 g/mol. The molecule has 1 rings (SSSR count). The van der Waals surface area contributed by atoms with Gasteiger partial charge in [-0.15, -0.1) is 0 Å². The van der Waals surface area contributed by atoms with Gasteiger partial charge in [-0.1, -0.05) is 33.6 Å². The third-order valence-electron chi connectivity index (χ3n) is 3.23. The van der Waals surface area contributed by atoms with E-state index in [0.29, 0.717) is 6.04 Å². The van der Waals surface area contributed by atoms with Crippen LogP contribution in [0.2, 0.25) is 0 Å². The van der Waals surface area contributed by atoms with Crippen LogP contribution < -0.4 is 5.32 Å². The molecule has 78 valence electrons. The van der Waals surface area contributed by atoms with Gasteiger partial charge in [0, 0.05) is 12.6 Å². The SMILES string of the molecule is CCCC(C)C(C)C1COCCN1. The van der Waals surface area contributed by atoms with Gasteiger partial charge in [0.25, 0.3) is 0 Å². The zero-order valence-electron chi connectivity index (χ0n) is 9.18. The maximum Gasteiger partial charge on any atom is 0.0622 e. The third-order valence-corrected chi connectivity index (χ3v) is 3.23. The molecule has 3 atom stereocenters. The molecule has 0 spiro atoms. The molecular formula is C11H23NO. The molecule has 1 saturated heterocycles. The summed E-state index contributed by atoms with van der Waals surface area (Å²) in [7, 11) is 0. The van der Waals surface area contributed by atoms with Crippen molar-refractivity contribution in [1.29, 1.82) is 0 Å². The Balaban J connectivity index is 2.31. The first-order valence-electron chi connectivity index (χ1n) is 5.56. The highest BCUT2D eigenvalue weighted by atomic mass is 16.5. The summed E-state index contributed by atoms with van der Waals surface area (Å²) in [5.41, 5.74) is 0. The summed E-state index contributed by atoms with van der Waals surface area (Å²) in [5, 5.41) is 3.53. The predicted molar refractivity (Wildman–Crippen MR) is 55.8 cm³/mol. The number of rotatable bonds is 4. The molecule has 1 heterocycles. The quantitative estimate of drug-likeness (QED) is 0.723. The third kappa shape index (κ3) is 3.28. The molecule has 0 aliphatic carbocycles. The lowest BCUT2D eigenvalue weighted by molar-refractivity contribution is 0.0487. The number of hydrogen-bond acceptors (Lipinski definition) is 2. The average Bonchev–Trinajstić information content (AvgIpc) is 2.18. The molecular weight excluding hydrogens is 162 g/mol. The van der Waals surface area contributed by atoms with Gasteiger partial charge in [0.05, 0.1) is 13.2 Å². The van der Waals surface area contributed by atoms with E-state index in [1.165, 1.54) is 12.8 Å². The Kier molecular flexibility index (Phi) is 4.74. The topological polar surface area (TPSA) is 21.3 Å². The monoisotopic (exact) mass is 185 g/mol. The van der Waals surface area contributed by atoms with E-state index in [1.54, 1.807) is 0 Å². The molecule has 2 nitrogen and oxygen atoms in total. The minimum Gasteiger partial charge on any atom is -0.379 e. The highest BCUT2D eigenvalue weighted by Crippen LogP contribution is 2.21. The first-order valence-corrected chi connectivity index (χ1v) is 5.56. The second kappa shape index (κ2) is 5.61. The Bertz CT molecular complexity index is 132. The molecule has 1 aliphatic rings. The molecule has 0 radical (unpaired) electrons. The molecule has 3 unspecified atom stereocenters. The summed E-state index contributed by atoms with van der Waals surface area (Å²) in [6.07, 6.45) is 2.62. The van der Waals surface area contributed by atoms with E-state index < -0.39 is 0 Å². The summed E-state index contributed by atoms with van der Waals surface area (Å²) >= 11 is 0. The molecule has 0 aromatic rings. The first kappa shape index (κ1) is 11.0. The summed E-state index contributed by atoms with van der Waals surface area (Å²) in [5.74, 6) is 1.55. The van der Waals surface area contributed by atoms with Gasteiger partial charge < -0.3 is 10.1 Å². The number of morpholine rings is 1. The number of nitrogens with one attached hydrogen (secondary N) is 1. The normalized spacial score (nSPS) is 28.4. The zero-order valence-corrected chi connectivity index (χ0v) is 9.18. The van der Waals surface area contributed by atoms with Crippen LogP contribution in [0.3, 0.4) is 0 Å². The smallest absolute Gasteiger partial charge is 0.0622 e. The number of hydrogen-bond donors (Lipinski definition) is 1. The van der Waals surface area contributed by atoms with Gasteiger partial charge in [0.2, 0.25) is 0 Å². The lowest BCUT2D eigenvalue weighted by Gasteiger charge is -2.32. The summed E-state index contributed by atoms with van der Waals surface area (Å²) < 4.78 is 5.47. The largest absolute Gasteiger partial charge is 0.379 e. The van der Waals surface area contributed by atoms with Crippen molar-refractivity contribution in [3.05, 3.63) is 0 Å². The maximum absolute atomic E-state index is 5.47. The van der Waals surface area contributed by atoms with Crippen LogP contribution in [0.4, 0.5) is 0 Å². The molecule has 1 fully saturated rings. The molecule has 13 heavy (non-hydrogen) atoms. The fourth-order valence-electron chi connectivity index (χ4n) is 2.04. The van der Waals surface area contributed by atoms with Crippen LogP contribution in [-0.4, -0.2) is 25.8 Å². The fourth-order valence-corrected chi connectivity index (χ4v) is 2.04. The van der Waals surface area contributed by atoms with Crippen LogP contribution in [0.1, 0.15) is 33.6 Å².